The van der Waals surface area contributed by atoms with E-state index >= 15 is 0 Å². The standard InChI is InChI=1S/C13H18N2O4/c14-10-4-2-1-3-9(10)5-6-12(17)15-8-7-11(16)13(18)19/h1-4,11,16H,5-8,14H2,(H,15,17)(H,18,19). The second-order valence-corrected chi connectivity index (χ2v) is 4.19. The van der Waals surface area contributed by atoms with Gasteiger partial charge in [-0.3, -0.25) is 4.79 Å². The molecule has 1 rings (SSSR count). The summed E-state index contributed by atoms with van der Waals surface area (Å²) in [5.41, 5.74) is 7.31. The van der Waals surface area contributed by atoms with Crippen molar-refractivity contribution in [3.8, 4) is 0 Å². The molecule has 1 aromatic carbocycles. The van der Waals surface area contributed by atoms with Crippen molar-refractivity contribution in [2.75, 3.05) is 12.3 Å². The van der Waals surface area contributed by atoms with Gasteiger partial charge in [-0.05, 0) is 18.1 Å². The molecule has 0 heterocycles. The maximum atomic E-state index is 11.5. The number of para-hydroxylation sites is 1. The van der Waals surface area contributed by atoms with Crippen molar-refractivity contribution in [2.24, 2.45) is 0 Å². The van der Waals surface area contributed by atoms with E-state index in [4.69, 9.17) is 15.9 Å². The van der Waals surface area contributed by atoms with E-state index in [1.54, 1.807) is 6.07 Å². The largest absolute Gasteiger partial charge is 0.479 e. The van der Waals surface area contributed by atoms with E-state index in [1.807, 2.05) is 18.2 Å². The van der Waals surface area contributed by atoms with E-state index in [0.29, 0.717) is 12.1 Å². The van der Waals surface area contributed by atoms with E-state index < -0.39 is 12.1 Å². The molecule has 1 amide bonds. The lowest BCUT2D eigenvalue weighted by Crippen LogP contribution is -2.30. The predicted octanol–water partition coefficient (Wildman–Crippen LogP) is 0.153. The molecule has 1 unspecified atom stereocenters. The Morgan fingerprint density at radius 2 is 2.00 bits per heavy atom. The topological polar surface area (TPSA) is 113 Å². The molecule has 6 heteroatoms. The Morgan fingerprint density at radius 3 is 2.63 bits per heavy atom. The third-order valence-electron chi connectivity index (χ3n) is 2.70. The number of nitrogens with one attached hydrogen (secondary N) is 1. The molecule has 1 atom stereocenters. The fourth-order valence-electron chi connectivity index (χ4n) is 1.57. The van der Waals surface area contributed by atoms with Crippen LogP contribution in [0, 0.1) is 0 Å². The SMILES string of the molecule is Nc1ccccc1CCC(=O)NCCC(O)C(=O)O. The summed E-state index contributed by atoms with van der Waals surface area (Å²) in [6.45, 7) is 0.135. The Bertz CT molecular complexity index is 448. The van der Waals surface area contributed by atoms with Gasteiger partial charge in [0.1, 0.15) is 0 Å². The molecule has 19 heavy (non-hydrogen) atoms. The molecular weight excluding hydrogens is 248 g/mol. The highest BCUT2D eigenvalue weighted by molar-refractivity contribution is 5.76. The van der Waals surface area contributed by atoms with Gasteiger partial charge >= 0.3 is 5.97 Å². The monoisotopic (exact) mass is 266 g/mol. The van der Waals surface area contributed by atoms with Gasteiger partial charge in [-0.1, -0.05) is 18.2 Å². The first-order valence-electron chi connectivity index (χ1n) is 6.01. The minimum absolute atomic E-state index is 0.00541. The summed E-state index contributed by atoms with van der Waals surface area (Å²) in [7, 11) is 0. The molecule has 0 aliphatic rings. The van der Waals surface area contributed by atoms with Crippen LogP contribution in [0.1, 0.15) is 18.4 Å². The van der Waals surface area contributed by atoms with E-state index in [2.05, 4.69) is 5.32 Å². The average molecular weight is 266 g/mol. The van der Waals surface area contributed by atoms with Crippen molar-refractivity contribution in [1.82, 2.24) is 5.32 Å². The summed E-state index contributed by atoms with van der Waals surface area (Å²) in [5, 5.41) is 20.0. The van der Waals surface area contributed by atoms with Crippen molar-refractivity contribution in [2.45, 2.75) is 25.4 Å². The van der Waals surface area contributed by atoms with Gasteiger partial charge in [-0.2, -0.15) is 0 Å². The van der Waals surface area contributed by atoms with Crippen LogP contribution in [0.15, 0.2) is 24.3 Å². The van der Waals surface area contributed by atoms with E-state index in [0.717, 1.165) is 5.56 Å². The lowest BCUT2D eigenvalue weighted by molar-refractivity contribution is -0.147. The van der Waals surface area contributed by atoms with Crippen LogP contribution in [0.4, 0.5) is 5.69 Å². The van der Waals surface area contributed by atoms with Crippen LogP contribution < -0.4 is 11.1 Å². The lowest BCUT2D eigenvalue weighted by atomic mass is 10.1. The second kappa shape index (κ2) is 7.38. The zero-order valence-electron chi connectivity index (χ0n) is 10.5. The highest BCUT2D eigenvalue weighted by Gasteiger charge is 2.12. The van der Waals surface area contributed by atoms with Crippen molar-refractivity contribution in [1.29, 1.82) is 0 Å². The number of aliphatic hydroxyl groups is 1. The number of benzene rings is 1. The number of hydrogen-bond donors (Lipinski definition) is 4. The Kier molecular flexibility index (Phi) is 5.81. The van der Waals surface area contributed by atoms with Crippen LogP contribution in [-0.4, -0.2) is 34.7 Å². The minimum atomic E-state index is -1.44. The van der Waals surface area contributed by atoms with Gasteiger partial charge in [0, 0.05) is 25.1 Å². The Labute approximate surface area is 111 Å². The zero-order chi connectivity index (χ0) is 14.3. The van der Waals surface area contributed by atoms with Crippen LogP contribution in [0.25, 0.3) is 0 Å². The number of carboxylic acid groups (broad SMARTS) is 1. The van der Waals surface area contributed by atoms with Crippen LogP contribution in [-0.2, 0) is 16.0 Å². The van der Waals surface area contributed by atoms with Crippen LogP contribution >= 0.6 is 0 Å². The van der Waals surface area contributed by atoms with Gasteiger partial charge in [0.2, 0.25) is 5.91 Å². The van der Waals surface area contributed by atoms with Crippen molar-refractivity contribution < 1.29 is 19.8 Å². The fourth-order valence-corrected chi connectivity index (χ4v) is 1.57. The Hall–Kier alpha value is -2.08. The molecule has 0 aliphatic heterocycles. The second-order valence-electron chi connectivity index (χ2n) is 4.19. The molecule has 1 aromatic rings. The van der Waals surface area contributed by atoms with E-state index in [9.17, 15) is 9.59 Å². The summed E-state index contributed by atoms with van der Waals surface area (Å²) in [6, 6.07) is 7.31. The maximum absolute atomic E-state index is 11.5. The van der Waals surface area contributed by atoms with Gasteiger partial charge in [0.25, 0.3) is 0 Å². The number of aliphatic carboxylic acids is 1. The minimum Gasteiger partial charge on any atom is -0.479 e. The molecule has 0 bridgehead atoms. The molecule has 0 saturated carbocycles. The molecular formula is C13H18N2O4. The fraction of sp³-hybridized carbons (Fsp3) is 0.385. The van der Waals surface area contributed by atoms with Crippen molar-refractivity contribution >= 4 is 17.6 Å². The number of carboxylic acids is 1. The molecule has 0 radical (unpaired) electrons. The molecule has 0 fully saturated rings. The first kappa shape index (κ1) is 15.0. The lowest BCUT2D eigenvalue weighted by Gasteiger charge is -2.08. The Balaban J connectivity index is 2.25. The average Bonchev–Trinajstić information content (AvgIpc) is 2.37. The van der Waals surface area contributed by atoms with Gasteiger partial charge in [0.15, 0.2) is 6.10 Å². The maximum Gasteiger partial charge on any atom is 0.332 e. The number of carbonyl (C=O) groups is 2. The normalized spacial score (nSPS) is 11.8. The van der Waals surface area contributed by atoms with E-state index in [1.165, 1.54) is 0 Å². The third kappa shape index (κ3) is 5.39. The highest BCUT2D eigenvalue weighted by atomic mass is 16.4. The number of nitrogens with two attached hydrogens (primary N) is 1. The van der Waals surface area contributed by atoms with Crippen molar-refractivity contribution in [3.05, 3.63) is 29.8 Å². The number of amides is 1. The number of carbonyl (C=O) groups excluding carboxylic acids is 1. The number of aliphatic hydroxyl groups excluding tert-OH is 1. The summed E-state index contributed by atoms with van der Waals surface area (Å²) >= 11 is 0. The first-order valence-corrected chi connectivity index (χ1v) is 6.01. The molecule has 5 N–H and O–H groups in total. The summed E-state index contributed by atoms with van der Waals surface area (Å²) in [6.07, 6.45) is -0.642. The van der Waals surface area contributed by atoms with Crippen molar-refractivity contribution in [3.63, 3.8) is 0 Å². The number of anilines is 1. The van der Waals surface area contributed by atoms with Gasteiger partial charge in [-0.15, -0.1) is 0 Å². The number of aryl methyl sites for hydroxylation is 1. The summed E-state index contributed by atoms with van der Waals surface area (Å²) < 4.78 is 0. The predicted molar refractivity (Wildman–Crippen MR) is 70.4 cm³/mol. The molecule has 6 nitrogen and oxygen atoms in total. The van der Waals surface area contributed by atoms with Crippen LogP contribution in [0.3, 0.4) is 0 Å². The number of hydrogen-bond acceptors (Lipinski definition) is 4. The highest BCUT2D eigenvalue weighted by Crippen LogP contribution is 2.12. The third-order valence-corrected chi connectivity index (χ3v) is 2.70. The van der Waals surface area contributed by atoms with Gasteiger partial charge < -0.3 is 21.3 Å². The number of nitrogen functional groups attached to an aromatic ring is 1. The summed E-state index contributed by atoms with van der Waals surface area (Å²) in [5.74, 6) is -1.48. The van der Waals surface area contributed by atoms with Crippen LogP contribution in [0.2, 0.25) is 0 Å². The zero-order valence-corrected chi connectivity index (χ0v) is 10.5. The van der Waals surface area contributed by atoms with Gasteiger partial charge in [0.05, 0.1) is 0 Å². The quantitative estimate of drug-likeness (QED) is 0.525. The molecule has 104 valence electrons. The van der Waals surface area contributed by atoms with Crippen LogP contribution in [0.5, 0.6) is 0 Å². The molecule has 0 aliphatic carbocycles. The molecule has 0 aromatic heterocycles. The number of rotatable bonds is 7. The first-order chi connectivity index (χ1) is 9.00. The molecule has 0 spiro atoms. The van der Waals surface area contributed by atoms with Gasteiger partial charge in [-0.25, -0.2) is 4.79 Å². The molecule has 0 saturated heterocycles. The smallest absolute Gasteiger partial charge is 0.332 e. The Morgan fingerprint density at radius 1 is 1.32 bits per heavy atom. The van der Waals surface area contributed by atoms with E-state index in [-0.39, 0.29) is 25.3 Å². The summed E-state index contributed by atoms with van der Waals surface area (Å²) in [4.78, 5) is 21.8.